The maximum atomic E-state index is 11.9. The number of nitrogens with one attached hydrogen (secondary N) is 2. The van der Waals surface area contributed by atoms with Gasteiger partial charge < -0.3 is 20.1 Å². The van der Waals surface area contributed by atoms with E-state index in [9.17, 15) is 9.59 Å². The zero-order valence-corrected chi connectivity index (χ0v) is 13.3. The first-order chi connectivity index (χ1) is 10.5. The molecule has 0 aromatic heterocycles. The van der Waals surface area contributed by atoms with Gasteiger partial charge in [-0.05, 0) is 24.6 Å². The maximum absolute atomic E-state index is 11.9. The van der Waals surface area contributed by atoms with Crippen LogP contribution < -0.4 is 20.1 Å². The Labute approximate surface area is 134 Å². The van der Waals surface area contributed by atoms with Crippen LogP contribution in [-0.2, 0) is 16.1 Å². The van der Waals surface area contributed by atoms with E-state index in [0.717, 1.165) is 12.0 Å². The summed E-state index contributed by atoms with van der Waals surface area (Å²) in [5.41, 5.74) is 0.803. The van der Waals surface area contributed by atoms with Gasteiger partial charge >= 0.3 is 0 Å². The van der Waals surface area contributed by atoms with Gasteiger partial charge in [0.1, 0.15) is 6.04 Å². The maximum Gasteiger partial charge on any atom is 0.242 e. The number of fused-ring (bicyclic) bond motifs is 1. The number of hydrogen-bond donors (Lipinski definition) is 2. The van der Waals surface area contributed by atoms with Gasteiger partial charge in [0.15, 0.2) is 11.5 Å². The van der Waals surface area contributed by atoms with Crippen molar-refractivity contribution in [1.29, 1.82) is 0 Å². The second-order valence-electron chi connectivity index (χ2n) is 5.10. The van der Waals surface area contributed by atoms with E-state index in [4.69, 9.17) is 21.1 Å². The Bertz CT molecular complexity index is 577. The lowest BCUT2D eigenvalue weighted by Crippen LogP contribution is -2.43. The molecule has 0 aliphatic carbocycles. The van der Waals surface area contributed by atoms with Crippen LogP contribution >= 0.6 is 11.6 Å². The summed E-state index contributed by atoms with van der Waals surface area (Å²) < 4.78 is 11.1. The molecule has 0 fully saturated rings. The van der Waals surface area contributed by atoms with E-state index in [-0.39, 0.29) is 11.8 Å². The number of amides is 2. The van der Waals surface area contributed by atoms with Crippen LogP contribution in [0.25, 0.3) is 0 Å². The number of ether oxygens (including phenoxy) is 2. The van der Waals surface area contributed by atoms with Gasteiger partial charge in [0.2, 0.25) is 11.8 Å². The zero-order chi connectivity index (χ0) is 16.1. The highest BCUT2D eigenvalue weighted by Gasteiger charge is 2.17. The summed E-state index contributed by atoms with van der Waals surface area (Å²) in [6.45, 7) is 4.42. The van der Waals surface area contributed by atoms with Crippen LogP contribution in [0.5, 0.6) is 11.5 Å². The monoisotopic (exact) mass is 326 g/mol. The Balaban J connectivity index is 2.01. The average molecular weight is 327 g/mol. The van der Waals surface area contributed by atoms with Crippen LogP contribution in [0.1, 0.15) is 25.8 Å². The van der Waals surface area contributed by atoms with Crippen molar-refractivity contribution < 1.29 is 19.1 Å². The van der Waals surface area contributed by atoms with E-state index in [1.165, 1.54) is 6.92 Å². The van der Waals surface area contributed by atoms with Crippen LogP contribution in [0.2, 0.25) is 5.02 Å². The van der Waals surface area contributed by atoms with Crippen molar-refractivity contribution in [2.45, 2.75) is 32.9 Å². The van der Waals surface area contributed by atoms with Crippen molar-refractivity contribution in [3.8, 4) is 11.5 Å². The molecule has 0 bridgehead atoms. The van der Waals surface area contributed by atoms with E-state index in [0.29, 0.717) is 36.3 Å². The lowest BCUT2D eigenvalue weighted by atomic mass is 10.2. The Morgan fingerprint density at radius 3 is 2.77 bits per heavy atom. The van der Waals surface area contributed by atoms with Gasteiger partial charge in [-0.2, -0.15) is 0 Å². The molecular weight excluding hydrogens is 308 g/mol. The number of benzene rings is 1. The topological polar surface area (TPSA) is 76.7 Å². The molecule has 0 saturated carbocycles. The highest BCUT2D eigenvalue weighted by atomic mass is 35.5. The molecule has 2 amide bonds. The molecule has 1 aromatic carbocycles. The fraction of sp³-hybridized carbons (Fsp3) is 0.467. The molecule has 120 valence electrons. The molecule has 1 aliphatic rings. The van der Waals surface area contributed by atoms with Gasteiger partial charge in [0.05, 0.1) is 18.2 Å². The number of rotatable bonds is 4. The van der Waals surface area contributed by atoms with Crippen LogP contribution in [-0.4, -0.2) is 31.1 Å². The summed E-state index contributed by atoms with van der Waals surface area (Å²) >= 11 is 6.19. The van der Waals surface area contributed by atoms with Gasteiger partial charge in [0.25, 0.3) is 0 Å². The number of carbonyl (C=O) groups is 2. The third-order valence-electron chi connectivity index (χ3n) is 3.14. The fourth-order valence-electron chi connectivity index (χ4n) is 2.10. The second kappa shape index (κ2) is 7.35. The van der Waals surface area contributed by atoms with Gasteiger partial charge in [-0.3, -0.25) is 9.59 Å². The van der Waals surface area contributed by atoms with E-state index < -0.39 is 6.04 Å². The van der Waals surface area contributed by atoms with Gasteiger partial charge in [-0.25, -0.2) is 0 Å². The predicted molar refractivity (Wildman–Crippen MR) is 82.2 cm³/mol. The molecule has 7 heteroatoms. The number of carbonyl (C=O) groups excluding carboxylic acids is 2. The molecule has 0 radical (unpaired) electrons. The summed E-state index contributed by atoms with van der Waals surface area (Å²) in [5.74, 6) is 0.615. The summed E-state index contributed by atoms with van der Waals surface area (Å²) in [4.78, 5) is 22.8. The summed E-state index contributed by atoms with van der Waals surface area (Å²) in [6, 6.07) is 2.95. The quantitative estimate of drug-likeness (QED) is 0.882. The van der Waals surface area contributed by atoms with Crippen LogP contribution in [0.4, 0.5) is 0 Å². The molecule has 6 nitrogen and oxygen atoms in total. The predicted octanol–water partition coefficient (Wildman–Crippen LogP) is 1.64. The molecule has 1 unspecified atom stereocenters. The Morgan fingerprint density at radius 2 is 2.05 bits per heavy atom. The van der Waals surface area contributed by atoms with E-state index in [1.54, 1.807) is 19.1 Å². The lowest BCUT2D eigenvalue weighted by molar-refractivity contribution is -0.127. The van der Waals surface area contributed by atoms with E-state index in [2.05, 4.69) is 10.6 Å². The molecule has 1 atom stereocenters. The smallest absolute Gasteiger partial charge is 0.242 e. The van der Waals surface area contributed by atoms with Crippen molar-refractivity contribution in [2.24, 2.45) is 0 Å². The third-order valence-corrected chi connectivity index (χ3v) is 3.42. The summed E-state index contributed by atoms with van der Waals surface area (Å²) in [5, 5.41) is 5.73. The standard InChI is InChI=1S/C15H19ClN2O4/c1-9(18-10(2)19)15(20)17-8-11-6-12(16)14-13(7-11)21-4-3-5-22-14/h6-7,9H,3-5,8H2,1-2H3,(H,17,20)(H,18,19). The van der Waals surface area contributed by atoms with E-state index >= 15 is 0 Å². The normalized spacial score (nSPS) is 14.7. The largest absolute Gasteiger partial charge is 0.489 e. The lowest BCUT2D eigenvalue weighted by Gasteiger charge is -2.14. The first kappa shape index (κ1) is 16.4. The summed E-state index contributed by atoms with van der Waals surface area (Å²) in [6.07, 6.45) is 0.797. The number of hydrogen-bond acceptors (Lipinski definition) is 4. The van der Waals surface area contributed by atoms with Crippen LogP contribution in [0.15, 0.2) is 12.1 Å². The van der Waals surface area contributed by atoms with Crippen molar-refractivity contribution in [1.82, 2.24) is 10.6 Å². The first-order valence-electron chi connectivity index (χ1n) is 7.10. The molecule has 0 saturated heterocycles. The van der Waals surface area contributed by atoms with Gasteiger partial charge in [-0.1, -0.05) is 11.6 Å². The van der Waals surface area contributed by atoms with E-state index in [1.807, 2.05) is 0 Å². The zero-order valence-electron chi connectivity index (χ0n) is 12.6. The van der Waals surface area contributed by atoms with Crippen molar-refractivity contribution >= 4 is 23.4 Å². The third kappa shape index (κ3) is 4.27. The Morgan fingerprint density at radius 1 is 1.32 bits per heavy atom. The van der Waals surface area contributed by atoms with Crippen molar-refractivity contribution in [3.63, 3.8) is 0 Å². The van der Waals surface area contributed by atoms with Gasteiger partial charge in [-0.15, -0.1) is 0 Å². The minimum atomic E-state index is -0.589. The first-order valence-corrected chi connectivity index (χ1v) is 7.48. The molecule has 0 spiro atoms. The minimum absolute atomic E-state index is 0.249. The number of halogens is 1. The van der Waals surface area contributed by atoms with Crippen LogP contribution in [0.3, 0.4) is 0 Å². The second-order valence-corrected chi connectivity index (χ2v) is 5.50. The van der Waals surface area contributed by atoms with Crippen LogP contribution in [0, 0.1) is 0 Å². The van der Waals surface area contributed by atoms with Gasteiger partial charge in [0, 0.05) is 19.9 Å². The van der Waals surface area contributed by atoms with Crippen molar-refractivity contribution in [3.05, 3.63) is 22.7 Å². The molecule has 1 heterocycles. The van der Waals surface area contributed by atoms with Crippen molar-refractivity contribution in [2.75, 3.05) is 13.2 Å². The minimum Gasteiger partial charge on any atom is -0.489 e. The average Bonchev–Trinajstić information content (AvgIpc) is 2.69. The molecular formula is C15H19ClN2O4. The highest BCUT2D eigenvalue weighted by molar-refractivity contribution is 6.32. The molecule has 22 heavy (non-hydrogen) atoms. The molecule has 1 aliphatic heterocycles. The molecule has 2 rings (SSSR count). The molecule has 1 aromatic rings. The molecule has 2 N–H and O–H groups in total. The Hall–Kier alpha value is -1.95. The SMILES string of the molecule is CC(=O)NC(C)C(=O)NCc1cc(Cl)c2c(c1)OCCCO2. The summed E-state index contributed by atoms with van der Waals surface area (Å²) in [7, 11) is 0. The highest BCUT2D eigenvalue weighted by Crippen LogP contribution is 2.37. The Kier molecular flexibility index (Phi) is 5.49. The fourth-order valence-corrected chi connectivity index (χ4v) is 2.39.